The van der Waals surface area contributed by atoms with E-state index in [0.29, 0.717) is 6.42 Å². The lowest BCUT2D eigenvalue weighted by molar-refractivity contribution is -0.135. The smallest absolute Gasteiger partial charge is 0.378 e. The first-order valence-corrected chi connectivity index (χ1v) is 6.35. The molecule has 0 aliphatic heterocycles. The Morgan fingerprint density at radius 3 is 2.16 bits per heavy atom. The molecule has 0 saturated carbocycles. The minimum absolute atomic E-state index is 0.0291. The summed E-state index contributed by atoms with van der Waals surface area (Å²) >= 11 is 0. The lowest BCUT2D eigenvalue weighted by Crippen LogP contribution is -2.18. The first-order chi connectivity index (χ1) is 8.83. The molecule has 0 aromatic heterocycles. The van der Waals surface area contributed by atoms with Gasteiger partial charge in [0.15, 0.2) is 0 Å². The maximum Gasteiger partial charge on any atom is 0.389 e. The molecular weight excluding hydrogens is 253 g/mol. The fourth-order valence-electron chi connectivity index (χ4n) is 1.99. The Kier molecular flexibility index (Phi) is 5.66. The third-order valence-electron chi connectivity index (χ3n) is 3.11. The quantitative estimate of drug-likeness (QED) is 0.850. The van der Waals surface area contributed by atoms with E-state index in [1.54, 1.807) is 7.05 Å². The zero-order chi connectivity index (χ0) is 14.5. The predicted octanol–water partition coefficient (Wildman–Crippen LogP) is 3.75. The van der Waals surface area contributed by atoms with E-state index in [-0.39, 0.29) is 12.5 Å². The lowest BCUT2D eigenvalue weighted by Gasteiger charge is -2.19. The van der Waals surface area contributed by atoms with Crippen LogP contribution in [0, 0.1) is 0 Å². The standard InChI is InChI=1S/C14H21F3N2/c1-18-13(5-4-10-14(15,16)17)11-6-8-12(9-7-11)19(2)3/h6-9,13,18H,4-5,10H2,1-3H3. The van der Waals surface area contributed by atoms with Gasteiger partial charge in [0.25, 0.3) is 0 Å². The highest BCUT2D eigenvalue weighted by Crippen LogP contribution is 2.26. The number of hydrogen-bond donors (Lipinski definition) is 1. The van der Waals surface area contributed by atoms with E-state index in [0.717, 1.165) is 11.3 Å². The number of nitrogens with one attached hydrogen (secondary N) is 1. The molecule has 1 rings (SSSR count). The topological polar surface area (TPSA) is 15.3 Å². The van der Waals surface area contributed by atoms with Crippen LogP contribution in [0.4, 0.5) is 18.9 Å². The van der Waals surface area contributed by atoms with Crippen LogP contribution in [0.2, 0.25) is 0 Å². The minimum atomic E-state index is -4.06. The van der Waals surface area contributed by atoms with Crippen molar-refractivity contribution >= 4 is 5.69 Å². The van der Waals surface area contributed by atoms with Crippen LogP contribution in [0.15, 0.2) is 24.3 Å². The van der Waals surface area contributed by atoms with E-state index in [9.17, 15) is 13.2 Å². The molecule has 1 unspecified atom stereocenters. The summed E-state index contributed by atoms with van der Waals surface area (Å²) in [6.07, 6.45) is -4.16. The van der Waals surface area contributed by atoms with Crippen molar-refractivity contribution in [1.29, 1.82) is 0 Å². The van der Waals surface area contributed by atoms with Crippen LogP contribution in [0.25, 0.3) is 0 Å². The van der Waals surface area contributed by atoms with E-state index in [1.165, 1.54) is 0 Å². The van der Waals surface area contributed by atoms with E-state index >= 15 is 0 Å². The maximum absolute atomic E-state index is 12.1. The number of nitrogens with zero attached hydrogens (tertiary/aromatic N) is 1. The predicted molar refractivity (Wildman–Crippen MR) is 72.5 cm³/mol. The summed E-state index contributed by atoms with van der Waals surface area (Å²) in [5.41, 5.74) is 2.10. The number of anilines is 1. The largest absolute Gasteiger partial charge is 0.389 e. The van der Waals surface area contributed by atoms with Gasteiger partial charge in [-0.05, 0) is 37.6 Å². The summed E-state index contributed by atoms with van der Waals surface area (Å²) in [6, 6.07) is 7.85. The second-order valence-corrected chi connectivity index (χ2v) is 4.83. The van der Waals surface area contributed by atoms with Gasteiger partial charge in [-0.2, -0.15) is 13.2 Å². The Bertz CT molecular complexity index is 371. The van der Waals surface area contributed by atoms with Gasteiger partial charge in [-0.3, -0.25) is 0 Å². The van der Waals surface area contributed by atoms with Crippen LogP contribution in [-0.4, -0.2) is 27.3 Å². The van der Waals surface area contributed by atoms with E-state index in [2.05, 4.69) is 5.32 Å². The lowest BCUT2D eigenvalue weighted by atomic mass is 10.0. The van der Waals surface area contributed by atoms with Crippen molar-refractivity contribution in [1.82, 2.24) is 5.32 Å². The molecule has 1 aromatic carbocycles. The Morgan fingerprint density at radius 2 is 1.74 bits per heavy atom. The molecular formula is C14H21F3N2. The Hall–Kier alpha value is -1.23. The number of rotatable bonds is 6. The average Bonchev–Trinajstić information content (AvgIpc) is 2.33. The van der Waals surface area contributed by atoms with Crippen molar-refractivity contribution in [3.05, 3.63) is 29.8 Å². The Balaban J connectivity index is 2.59. The third-order valence-corrected chi connectivity index (χ3v) is 3.11. The van der Waals surface area contributed by atoms with Gasteiger partial charge in [0, 0.05) is 32.2 Å². The molecule has 0 spiro atoms. The number of alkyl halides is 3. The molecule has 0 heterocycles. The Labute approximate surface area is 112 Å². The van der Waals surface area contributed by atoms with E-state index in [4.69, 9.17) is 0 Å². The van der Waals surface area contributed by atoms with Gasteiger partial charge in [0.2, 0.25) is 0 Å². The van der Waals surface area contributed by atoms with E-state index < -0.39 is 12.6 Å². The molecule has 0 amide bonds. The SMILES string of the molecule is CNC(CCCC(F)(F)F)c1ccc(N(C)C)cc1. The van der Waals surface area contributed by atoms with Gasteiger partial charge in [-0.1, -0.05) is 12.1 Å². The fourth-order valence-corrected chi connectivity index (χ4v) is 1.99. The summed E-state index contributed by atoms with van der Waals surface area (Å²) in [5.74, 6) is 0. The van der Waals surface area contributed by atoms with Crippen LogP contribution in [-0.2, 0) is 0 Å². The second kappa shape index (κ2) is 6.80. The van der Waals surface area contributed by atoms with Crippen molar-refractivity contribution in [2.45, 2.75) is 31.5 Å². The first kappa shape index (κ1) is 15.8. The summed E-state index contributed by atoms with van der Waals surface area (Å²) < 4.78 is 36.4. The van der Waals surface area contributed by atoms with Crippen LogP contribution in [0.5, 0.6) is 0 Å². The normalized spacial score (nSPS) is 13.4. The molecule has 5 heteroatoms. The molecule has 1 aromatic rings. The van der Waals surface area contributed by atoms with Crippen LogP contribution >= 0.6 is 0 Å². The second-order valence-electron chi connectivity index (χ2n) is 4.83. The van der Waals surface area contributed by atoms with Crippen LogP contribution in [0.3, 0.4) is 0 Å². The molecule has 19 heavy (non-hydrogen) atoms. The molecule has 0 aliphatic carbocycles. The zero-order valence-corrected chi connectivity index (χ0v) is 11.6. The molecule has 0 bridgehead atoms. The Morgan fingerprint density at radius 1 is 1.16 bits per heavy atom. The summed E-state index contributed by atoms with van der Waals surface area (Å²) in [6.45, 7) is 0. The molecule has 0 aliphatic rings. The van der Waals surface area contributed by atoms with Gasteiger partial charge >= 0.3 is 6.18 Å². The van der Waals surface area contributed by atoms with E-state index in [1.807, 2.05) is 43.3 Å². The fraction of sp³-hybridized carbons (Fsp3) is 0.571. The van der Waals surface area contributed by atoms with Gasteiger partial charge in [-0.25, -0.2) is 0 Å². The van der Waals surface area contributed by atoms with Gasteiger partial charge in [0.05, 0.1) is 0 Å². The van der Waals surface area contributed by atoms with Crippen molar-refractivity contribution in [3.63, 3.8) is 0 Å². The van der Waals surface area contributed by atoms with Crippen molar-refractivity contribution in [3.8, 4) is 0 Å². The van der Waals surface area contributed by atoms with Crippen molar-refractivity contribution < 1.29 is 13.2 Å². The molecule has 0 saturated heterocycles. The molecule has 0 fully saturated rings. The molecule has 1 N–H and O–H groups in total. The average molecular weight is 274 g/mol. The van der Waals surface area contributed by atoms with Crippen LogP contribution in [0.1, 0.15) is 30.9 Å². The van der Waals surface area contributed by atoms with Gasteiger partial charge < -0.3 is 10.2 Å². The monoisotopic (exact) mass is 274 g/mol. The maximum atomic E-state index is 12.1. The molecule has 1 atom stereocenters. The molecule has 108 valence electrons. The van der Waals surface area contributed by atoms with Crippen molar-refractivity contribution in [2.24, 2.45) is 0 Å². The molecule has 2 nitrogen and oxygen atoms in total. The number of benzene rings is 1. The summed E-state index contributed by atoms with van der Waals surface area (Å²) in [7, 11) is 5.68. The van der Waals surface area contributed by atoms with Gasteiger partial charge in [0.1, 0.15) is 0 Å². The molecule has 0 radical (unpaired) electrons. The summed E-state index contributed by atoms with van der Waals surface area (Å²) in [4.78, 5) is 1.99. The summed E-state index contributed by atoms with van der Waals surface area (Å²) in [5, 5.41) is 3.07. The highest BCUT2D eigenvalue weighted by Gasteiger charge is 2.26. The highest BCUT2D eigenvalue weighted by atomic mass is 19.4. The highest BCUT2D eigenvalue weighted by molar-refractivity contribution is 5.46. The minimum Gasteiger partial charge on any atom is -0.378 e. The number of hydrogen-bond acceptors (Lipinski definition) is 2. The van der Waals surface area contributed by atoms with Crippen LogP contribution < -0.4 is 10.2 Å². The first-order valence-electron chi connectivity index (χ1n) is 6.35. The van der Waals surface area contributed by atoms with Crippen molar-refractivity contribution in [2.75, 3.05) is 26.0 Å². The third kappa shape index (κ3) is 5.51. The van der Waals surface area contributed by atoms with Gasteiger partial charge in [-0.15, -0.1) is 0 Å². The number of halogens is 3. The zero-order valence-electron chi connectivity index (χ0n) is 11.6.